The van der Waals surface area contributed by atoms with Gasteiger partial charge < -0.3 is 0 Å². The average Bonchev–Trinajstić information content (AvgIpc) is 3.67. The Hall–Kier alpha value is -4.78. The number of benzene rings is 4. The molecule has 1 atom stereocenters. The Kier molecular flexibility index (Phi) is 7.10. The Morgan fingerprint density at radius 2 is 1.45 bits per heavy atom. The molecular weight excluding hydrogens is 480 g/mol. The van der Waals surface area contributed by atoms with Crippen LogP contribution in [0.2, 0.25) is 0 Å². The van der Waals surface area contributed by atoms with Gasteiger partial charge in [0.15, 0.2) is 0 Å². The van der Waals surface area contributed by atoms with Crippen LogP contribution in [0.1, 0.15) is 65.1 Å². The first-order valence-electron chi connectivity index (χ1n) is 14.1. The summed E-state index contributed by atoms with van der Waals surface area (Å²) in [7, 11) is 0. The summed E-state index contributed by atoms with van der Waals surface area (Å²) in [5.74, 6) is 13.7. The van der Waals surface area contributed by atoms with E-state index in [1.807, 2.05) is 42.5 Å². The van der Waals surface area contributed by atoms with Crippen LogP contribution in [0.4, 0.5) is 0 Å². The highest BCUT2D eigenvalue weighted by molar-refractivity contribution is 5.81. The first-order valence-corrected chi connectivity index (χ1v) is 14.1. The van der Waals surface area contributed by atoms with E-state index >= 15 is 0 Å². The van der Waals surface area contributed by atoms with Crippen molar-refractivity contribution in [3.8, 4) is 34.8 Å². The maximum atomic E-state index is 4.06. The molecule has 0 N–H and O–H groups in total. The summed E-state index contributed by atoms with van der Waals surface area (Å²) >= 11 is 0. The van der Waals surface area contributed by atoms with Crippen molar-refractivity contribution in [2.45, 2.75) is 38.0 Å². The van der Waals surface area contributed by atoms with Crippen LogP contribution in [-0.2, 0) is 11.8 Å². The van der Waals surface area contributed by atoms with Crippen LogP contribution < -0.4 is 0 Å². The van der Waals surface area contributed by atoms with E-state index in [4.69, 9.17) is 0 Å². The Morgan fingerprint density at radius 1 is 0.775 bits per heavy atom. The average molecular weight is 513 g/mol. The van der Waals surface area contributed by atoms with E-state index in [0.717, 1.165) is 47.9 Å². The van der Waals surface area contributed by atoms with Gasteiger partial charge in [-0.25, -0.2) is 0 Å². The number of fused-ring (bicyclic) bond motifs is 3. The zero-order valence-electron chi connectivity index (χ0n) is 23.0. The lowest BCUT2D eigenvalue weighted by molar-refractivity contribution is 0.503. The molecule has 0 heteroatoms. The Labute approximate surface area is 238 Å². The molecule has 0 fully saturated rings. The van der Waals surface area contributed by atoms with Crippen molar-refractivity contribution in [1.29, 1.82) is 0 Å². The monoisotopic (exact) mass is 512 g/mol. The molecule has 0 bridgehead atoms. The molecule has 6 rings (SSSR count). The largest absolute Gasteiger partial charge is 0.103 e. The topological polar surface area (TPSA) is 0 Å². The molecule has 0 saturated heterocycles. The zero-order chi connectivity index (χ0) is 27.4. The summed E-state index contributed by atoms with van der Waals surface area (Å²) < 4.78 is 0. The van der Waals surface area contributed by atoms with Gasteiger partial charge in [0.2, 0.25) is 0 Å². The van der Waals surface area contributed by atoms with Gasteiger partial charge in [0.25, 0.3) is 0 Å². The van der Waals surface area contributed by atoms with Gasteiger partial charge in [-0.1, -0.05) is 109 Å². The second-order valence-electron chi connectivity index (χ2n) is 10.8. The molecule has 1 unspecified atom stereocenters. The Morgan fingerprint density at radius 3 is 2.12 bits per heavy atom. The Bertz CT molecular complexity index is 1760. The fourth-order valence-electron chi connectivity index (χ4n) is 6.11. The van der Waals surface area contributed by atoms with Gasteiger partial charge in [0.05, 0.1) is 0 Å². The predicted octanol–water partition coefficient (Wildman–Crippen LogP) is 9.17. The van der Waals surface area contributed by atoms with Crippen molar-refractivity contribution in [2.24, 2.45) is 0 Å². The van der Waals surface area contributed by atoms with Crippen molar-refractivity contribution >= 4 is 0 Å². The van der Waals surface area contributed by atoms with Crippen molar-refractivity contribution in [2.75, 3.05) is 0 Å². The highest BCUT2D eigenvalue weighted by atomic mass is 14.4. The third kappa shape index (κ3) is 4.98. The standard InChI is InChI=1S/C40H32/c1-3-4-27-40(2,35-17-11-12-18-35)39-33(23-21-31-15-9-6-10-16-31)24-26-37-36-25-22-32(28-34(36)29-38(37)39)20-19-30-13-7-5-8-14-30/h3,5-17,22,24-26,28H,1,4,18,27,29H2,2H3. The second-order valence-corrected chi connectivity index (χ2v) is 10.8. The van der Waals surface area contributed by atoms with Crippen molar-refractivity contribution in [3.05, 3.63) is 166 Å². The van der Waals surface area contributed by atoms with E-state index in [0.29, 0.717) is 0 Å². The van der Waals surface area contributed by atoms with E-state index in [2.05, 4.69) is 110 Å². The summed E-state index contributed by atoms with van der Waals surface area (Å²) in [6.45, 7) is 6.48. The summed E-state index contributed by atoms with van der Waals surface area (Å²) in [6, 6.07) is 31.7. The molecular formula is C40H32. The lowest BCUT2D eigenvalue weighted by Crippen LogP contribution is -2.27. The molecule has 0 aromatic heterocycles. The summed E-state index contributed by atoms with van der Waals surface area (Å²) in [5, 5.41) is 0. The molecule has 4 aromatic rings. The number of rotatable bonds is 5. The smallest absolute Gasteiger partial charge is 0.0293 e. The maximum Gasteiger partial charge on any atom is 0.0293 e. The molecule has 2 aliphatic rings. The molecule has 192 valence electrons. The normalized spacial score (nSPS) is 14.1. The molecule has 0 aliphatic heterocycles. The van der Waals surface area contributed by atoms with Crippen LogP contribution >= 0.6 is 0 Å². The van der Waals surface area contributed by atoms with Crippen LogP contribution in [0.5, 0.6) is 0 Å². The highest BCUT2D eigenvalue weighted by Gasteiger charge is 2.37. The van der Waals surface area contributed by atoms with E-state index in [-0.39, 0.29) is 5.41 Å². The van der Waals surface area contributed by atoms with Crippen molar-refractivity contribution < 1.29 is 0 Å². The highest BCUT2D eigenvalue weighted by Crippen LogP contribution is 2.49. The fraction of sp³-hybridized carbons (Fsp3) is 0.150. The molecule has 0 nitrogen and oxygen atoms in total. The van der Waals surface area contributed by atoms with E-state index in [1.165, 1.54) is 33.4 Å². The first kappa shape index (κ1) is 25.5. The van der Waals surface area contributed by atoms with Crippen LogP contribution in [0, 0.1) is 23.7 Å². The summed E-state index contributed by atoms with van der Waals surface area (Å²) in [4.78, 5) is 0. The molecule has 4 aromatic carbocycles. The minimum absolute atomic E-state index is 0.137. The van der Waals surface area contributed by atoms with Crippen LogP contribution in [0.15, 0.2) is 127 Å². The Balaban J connectivity index is 1.47. The molecule has 2 aliphatic carbocycles. The van der Waals surface area contributed by atoms with Crippen molar-refractivity contribution in [1.82, 2.24) is 0 Å². The van der Waals surface area contributed by atoms with Crippen molar-refractivity contribution in [3.63, 3.8) is 0 Å². The quantitative estimate of drug-likeness (QED) is 0.163. The minimum atomic E-state index is -0.137. The second kappa shape index (κ2) is 11.1. The van der Waals surface area contributed by atoms with Gasteiger partial charge in [0.1, 0.15) is 0 Å². The SMILES string of the molecule is C=CCCC(C)(C1=CC=CC1)c1c(C#Cc2ccccc2)ccc2c1Cc1cc(C#Cc3ccccc3)ccc1-2. The van der Waals surface area contributed by atoms with E-state index in [9.17, 15) is 0 Å². The lowest BCUT2D eigenvalue weighted by Gasteiger charge is -2.35. The van der Waals surface area contributed by atoms with Gasteiger partial charge in [-0.2, -0.15) is 0 Å². The minimum Gasteiger partial charge on any atom is -0.103 e. The third-order valence-electron chi connectivity index (χ3n) is 8.20. The van der Waals surface area contributed by atoms with E-state index in [1.54, 1.807) is 0 Å². The fourth-order valence-corrected chi connectivity index (χ4v) is 6.11. The predicted molar refractivity (Wildman–Crippen MR) is 168 cm³/mol. The van der Waals surface area contributed by atoms with Gasteiger partial charge in [-0.15, -0.1) is 6.58 Å². The van der Waals surface area contributed by atoms with Gasteiger partial charge >= 0.3 is 0 Å². The van der Waals surface area contributed by atoms with Gasteiger partial charge in [-0.05, 0) is 96.0 Å². The van der Waals surface area contributed by atoms with Gasteiger partial charge in [-0.3, -0.25) is 0 Å². The third-order valence-corrected chi connectivity index (χ3v) is 8.20. The number of hydrogen-bond donors (Lipinski definition) is 0. The molecule has 0 spiro atoms. The molecule has 0 saturated carbocycles. The van der Waals surface area contributed by atoms with E-state index < -0.39 is 0 Å². The molecule has 0 radical (unpaired) electrons. The summed E-state index contributed by atoms with van der Waals surface area (Å²) in [6.07, 6.45) is 12.7. The van der Waals surface area contributed by atoms with Crippen LogP contribution in [0.3, 0.4) is 0 Å². The number of allylic oxidation sites excluding steroid dienone is 5. The number of hydrogen-bond acceptors (Lipinski definition) is 0. The molecule has 0 amide bonds. The van der Waals surface area contributed by atoms with Gasteiger partial charge in [0, 0.05) is 27.7 Å². The summed E-state index contributed by atoms with van der Waals surface area (Å²) in [5.41, 5.74) is 12.3. The van der Waals surface area contributed by atoms with Crippen LogP contribution in [0.25, 0.3) is 11.1 Å². The van der Waals surface area contributed by atoms with Crippen LogP contribution in [-0.4, -0.2) is 0 Å². The molecule has 40 heavy (non-hydrogen) atoms. The lowest BCUT2D eigenvalue weighted by atomic mass is 9.68. The first-order chi connectivity index (χ1) is 19.7. The zero-order valence-corrected chi connectivity index (χ0v) is 23.0. The molecule has 0 heterocycles. The maximum absolute atomic E-state index is 4.06.